The molecule has 1 rings (SSSR count). The van der Waals surface area contributed by atoms with Crippen LogP contribution >= 0.6 is 0 Å². The normalized spacial score (nSPS) is 8.44. The van der Waals surface area contributed by atoms with Gasteiger partial charge in [0.05, 0.1) is 5.69 Å². The molecule has 0 N–H and O–H groups in total. The maximum absolute atomic E-state index is 5.16. The number of nitrogens with zero attached hydrogens (tertiary/aromatic N) is 1. The third-order valence-corrected chi connectivity index (χ3v) is 1.16. The van der Waals surface area contributed by atoms with Crippen molar-refractivity contribution in [3.63, 3.8) is 0 Å². The Morgan fingerprint density at radius 1 is 1.67 bits per heavy atom. The van der Waals surface area contributed by atoms with Gasteiger partial charge in [-0.3, -0.25) is 4.98 Å². The lowest BCUT2D eigenvalue weighted by atomic mass is 10.2. The highest BCUT2D eigenvalue weighted by atomic mass is 14.7. The van der Waals surface area contributed by atoms with Gasteiger partial charge in [0.15, 0.2) is 0 Å². The molecule has 0 radical (unpaired) electrons. The van der Waals surface area contributed by atoms with E-state index in [1.165, 1.54) is 0 Å². The molecule has 44 valence electrons. The Balaban J connectivity index is 3.20. The average molecular weight is 117 g/mol. The average Bonchev–Trinajstić information content (AvgIpc) is 1.89. The predicted octanol–water partition coefficient (Wildman–Crippen LogP) is 1.37. The Kier molecular flexibility index (Phi) is 1.51. The molecule has 0 fully saturated rings. The summed E-state index contributed by atoms with van der Waals surface area (Å²) in [4.78, 5) is 4.01. The largest absolute Gasteiger partial charge is 0.260 e. The SMILES string of the molecule is C#Cc1cccnc1C. The lowest BCUT2D eigenvalue weighted by molar-refractivity contribution is 1.19. The monoisotopic (exact) mass is 117 g/mol. The number of aromatic nitrogens is 1. The fourth-order valence-corrected chi connectivity index (χ4v) is 0.637. The molecule has 1 aromatic rings. The summed E-state index contributed by atoms with van der Waals surface area (Å²) in [5, 5.41) is 0. The second kappa shape index (κ2) is 2.32. The quantitative estimate of drug-likeness (QED) is 0.468. The zero-order chi connectivity index (χ0) is 6.69. The van der Waals surface area contributed by atoms with Crippen LogP contribution in [0.25, 0.3) is 0 Å². The van der Waals surface area contributed by atoms with Crippen LogP contribution in [0.15, 0.2) is 18.3 Å². The fourth-order valence-electron chi connectivity index (χ4n) is 0.637. The van der Waals surface area contributed by atoms with Crippen molar-refractivity contribution in [2.45, 2.75) is 6.92 Å². The standard InChI is InChI=1S/C8H7N/c1-3-8-5-4-6-9-7(8)2/h1,4-6H,2H3. The second-order valence-corrected chi connectivity index (χ2v) is 1.78. The molecule has 0 saturated carbocycles. The van der Waals surface area contributed by atoms with Gasteiger partial charge in [-0.15, -0.1) is 6.42 Å². The molecule has 1 heterocycles. The molecule has 0 aromatic carbocycles. The number of rotatable bonds is 0. The van der Waals surface area contributed by atoms with Crippen LogP contribution in [-0.4, -0.2) is 4.98 Å². The van der Waals surface area contributed by atoms with Crippen LogP contribution in [0.4, 0.5) is 0 Å². The summed E-state index contributed by atoms with van der Waals surface area (Å²) in [5.41, 5.74) is 1.79. The lowest BCUT2D eigenvalue weighted by Gasteiger charge is -1.91. The zero-order valence-electron chi connectivity index (χ0n) is 5.26. The highest BCUT2D eigenvalue weighted by Gasteiger charge is 1.89. The lowest BCUT2D eigenvalue weighted by Crippen LogP contribution is -1.83. The van der Waals surface area contributed by atoms with Crippen molar-refractivity contribution in [2.24, 2.45) is 0 Å². The molecular formula is C8H7N. The van der Waals surface area contributed by atoms with E-state index in [0.717, 1.165) is 11.3 Å². The van der Waals surface area contributed by atoms with Crippen molar-refractivity contribution >= 4 is 0 Å². The van der Waals surface area contributed by atoms with Crippen molar-refractivity contribution in [2.75, 3.05) is 0 Å². The summed E-state index contributed by atoms with van der Waals surface area (Å²) in [6.45, 7) is 1.90. The van der Waals surface area contributed by atoms with Gasteiger partial charge in [0.2, 0.25) is 0 Å². The highest BCUT2D eigenvalue weighted by Crippen LogP contribution is 1.99. The van der Waals surface area contributed by atoms with E-state index in [1.54, 1.807) is 6.20 Å². The van der Waals surface area contributed by atoms with Crippen LogP contribution in [0.5, 0.6) is 0 Å². The summed E-state index contributed by atoms with van der Waals surface area (Å²) >= 11 is 0. The van der Waals surface area contributed by atoms with Crippen molar-refractivity contribution in [3.8, 4) is 12.3 Å². The summed E-state index contributed by atoms with van der Waals surface area (Å²) in [7, 11) is 0. The number of pyridine rings is 1. The van der Waals surface area contributed by atoms with Crippen LogP contribution < -0.4 is 0 Å². The molecule has 0 amide bonds. The van der Waals surface area contributed by atoms with Gasteiger partial charge in [-0.25, -0.2) is 0 Å². The smallest absolute Gasteiger partial charge is 0.0528 e. The molecule has 0 aliphatic heterocycles. The topological polar surface area (TPSA) is 12.9 Å². The Bertz CT molecular complexity index is 245. The Morgan fingerprint density at radius 2 is 2.44 bits per heavy atom. The van der Waals surface area contributed by atoms with Gasteiger partial charge in [0.1, 0.15) is 0 Å². The number of hydrogen-bond donors (Lipinski definition) is 0. The zero-order valence-corrected chi connectivity index (χ0v) is 5.26. The van der Waals surface area contributed by atoms with Gasteiger partial charge in [0, 0.05) is 11.8 Å². The van der Waals surface area contributed by atoms with Crippen molar-refractivity contribution < 1.29 is 0 Å². The molecule has 1 nitrogen and oxygen atoms in total. The maximum Gasteiger partial charge on any atom is 0.0528 e. The van der Waals surface area contributed by atoms with Gasteiger partial charge in [-0.2, -0.15) is 0 Å². The van der Waals surface area contributed by atoms with E-state index in [-0.39, 0.29) is 0 Å². The molecule has 0 spiro atoms. The molecule has 0 bridgehead atoms. The predicted molar refractivity (Wildman–Crippen MR) is 36.9 cm³/mol. The molecule has 0 atom stereocenters. The highest BCUT2D eigenvalue weighted by molar-refractivity contribution is 5.34. The Labute approximate surface area is 54.7 Å². The van der Waals surface area contributed by atoms with Gasteiger partial charge in [-0.05, 0) is 19.1 Å². The fraction of sp³-hybridized carbons (Fsp3) is 0.125. The van der Waals surface area contributed by atoms with Crippen LogP contribution in [0.1, 0.15) is 11.3 Å². The minimum Gasteiger partial charge on any atom is -0.260 e. The number of hydrogen-bond acceptors (Lipinski definition) is 1. The van der Waals surface area contributed by atoms with Gasteiger partial charge < -0.3 is 0 Å². The van der Waals surface area contributed by atoms with E-state index in [0.29, 0.717) is 0 Å². The van der Waals surface area contributed by atoms with Crippen LogP contribution in [-0.2, 0) is 0 Å². The molecule has 1 aromatic heterocycles. The van der Waals surface area contributed by atoms with E-state index in [2.05, 4.69) is 10.9 Å². The second-order valence-electron chi connectivity index (χ2n) is 1.78. The summed E-state index contributed by atoms with van der Waals surface area (Å²) in [6.07, 6.45) is 6.89. The molecule has 0 saturated heterocycles. The van der Waals surface area contributed by atoms with Crippen LogP contribution in [0.2, 0.25) is 0 Å². The molecule has 0 unspecified atom stereocenters. The van der Waals surface area contributed by atoms with Crippen LogP contribution in [0, 0.1) is 19.3 Å². The van der Waals surface area contributed by atoms with Gasteiger partial charge in [-0.1, -0.05) is 5.92 Å². The molecule has 9 heavy (non-hydrogen) atoms. The van der Waals surface area contributed by atoms with E-state index >= 15 is 0 Å². The van der Waals surface area contributed by atoms with Crippen molar-refractivity contribution in [1.29, 1.82) is 0 Å². The number of terminal acetylenes is 1. The first-order valence-corrected chi connectivity index (χ1v) is 2.73. The number of aryl methyl sites for hydroxylation is 1. The first-order valence-electron chi connectivity index (χ1n) is 2.73. The maximum atomic E-state index is 5.16. The molecular weight excluding hydrogens is 110 g/mol. The van der Waals surface area contributed by atoms with Gasteiger partial charge >= 0.3 is 0 Å². The first-order chi connectivity index (χ1) is 4.34. The Hall–Kier alpha value is -1.29. The van der Waals surface area contributed by atoms with Crippen molar-refractivity contribution in [1.82, 2.24) is 4.98 Å². The summed E-state index contributed by atoms with van der Waals surface area (Å²) < 4.78 is 0. The molecule has 0 aliphatic rings. The van der Waals surface area contributed by atoms with E-state index in [4.69, 9.17) is 6.42 Å². The van der Waals surface area contributed by atoms with E-state index < -0.39 is 0 Å². The summed E-state index contributed by atoms with van der Waals surface area (Å²) in [6, 6.07) is 3.71. The third kappa shape index (κ3) is 1.09. The first kappa shape index (κ1) is 5.84. The molecule has 1 heteroatoms. The molecule has 0 aliphatic carbocycles. The minimum atomic E-state index is 0.873. The van der Waals surface area contributed by atoms with Crippen molar-refractivity contribution in [3.05, 3.63) is 29.6 Å². The van der Waals surface area contributed by atoms with E-state index in [1.807, 2.05) is 19.1 Å². The minimum absolute atomic E-state index is 0.873. The Morgan fingerprint density at radius 3 is 2.89 bits per heavy atom. The van der Waals surface area contributed by atoms with Crippen LogP contribution in [0.3, 0.4) is 0 Å². The van der Waals surface area contributed by atoms with Gasteiger partial charge in [0.25, 0.3) is 0 Å². The third-order valence-electron chi connectivity index (χ3n) is 1.16. The van der Waals surface area contributed by atoms with E-state index in [9.17, 15) is 0 Å². The summed E-state index contributed by atoms with van der Waals surface area (Å²) in [5.74, 6) is 2.53.